The van der Waals surface area contributed by atoms with Gasteiger partial charge in [-0.2, -0.15) is 0 Å². The molecule has 0 aliphatic heterocycles. The van der Waals surface area contributed by atoms with Crippen molar-refractivity contribution < 1.29 is 44.3 Å². The fraction of sp³-hybridized carbons (Fsp3) is 0. The van der Waals surface area contributed by atoms with Gasteiger partial charge in [0, 0.05) is 28.4 Å². The van der Waals surface area contributed by atoms with Gasteiger partial charge in [0.2, 0.25) is 5.78 Å². The van der Waals surface area contributed by atoms with Crippen LogP contribution in [0.3, 0.4) is 0 Å². The second-order valence-electron chi connectivity index (χ2n) is 5.97. The average Bonchev–Trinajstić information content (AvgIpc) is 3.07. The number of benzene rings is 2. The van der Waals surface area contributed by atoms with E-state index in [0.29, 0.717) is 16.8 Å². The number of ketones is 1. The van der Waals surface area contributed by atoms with Gasteiger partial charge in [-0.3, -0.25) is 4.79 Å². The van der Waals surface area contributed by atoms with Crippen LogP contribution in [-0.4, -0.2) is 16.2 Å². The van der Waals surface area contributed by atoms with E-state index in [2.05, 4.69) is 0 Å². The van der Waals surface area contributed by atoms with Gasteiger partial charge >= 0.3 is 29.6 Å². The first kappa shape index (κ1) is 19.1. The maximum atomic E-state index is 13.2. The van der Waals surface area contributed by atoms with Crippen LogP contribution in [0, 0.1) is 0 Å². The molecule has 0 spiro atoms. The Hall–Kier alpha value is -2.66. The molecule has 27 heavy (non-hydrogen) atoms. The van der Waals surface area contributed by atoms with Gasteiger partial charge < -0.3 is 14.3 Å². The van der Waals surface area contributed by atoms with Gasteiger partial charge in [0.1, 0.15) is 5.69 Å². The Morgan fingerprint density at radius 2 is 1.41 bits per heavy atom. The first-order valence-corrected chi connectivity index (χ1v) is 8.17. The van der Waals surface area contributed by atoms with Crippen LogP contribution < -0.4 is 34.7 Å². The van der Waals surface area contributed by atoms with Crippen molar-refractivity contribution in [2.24, 2.45) is 0 Å². The summed E-state index contributed by atoms with van der Waals surface area (Å²) in [6.45, 7) is 0. The smallest absolute Gasteiger partial charge is 0.545 e. The number of hydrogen-bond acceptors (Lipinski definition) is 3. The van der Waals surface area contributed by atoms with Crippen LogP contribution in [0.4, 0.5) is 0 Å². The third-order valence-electron chi connectivity index (χ3n) is 4.34. The zero-order valence-electron chi connectivity index (χ0n) is 14.8. The van der Waals surface area contributed by atoms with E-state index in [1.807, 2.05) is 54.6 Å². The number of fused-ring (bicyclic) bond motifs is 1. The van der Waals surface area contributed by atoms with Gasteiger partial charge in [0.25, 0.3) is 0 Å². The Bertz CT molecular complexity index is 1120. The largest absolute Gasteiger partial charge is 1.00 e. The Kier molecular flexibility index (Phi) is 5.61. The van der Waals surface area contributed by atoms with Crippen LogP contribution in [0.1, 0.15) is 26.4 Å². The number of carbonyl (C=O) groups excluding carboxylic acids is 2. The summed E-state index contributed by atoms with van der Waals surface area (Å²) in [5.41, 5.74) is 3.44. The Morgan fingerprint density at radius 1 is 0.778 bits per heavy atom. The van der Waals surface area contributed by atoms with Crippen molar-refractivity contribution >= 4 is 17.3 Å². The van der Waals surface area contributed by atoms with Crippen molar-refractivity contribution in [1.82, 2.24) is 4.40 Å². The summed E-state index contributed by atoms with van der Waals surface area (Å²) in [6.07, 6.45) is 1.60. The molecule has 0 fully saturated rings. The summed E-state index contributed by atoms with van der Waals surface area (Å²) >= 11 is 0. The van der Waals surface area contributed by atoms with E-state index in [0.717, 1.165) is 11.1 Å². The molecule has 0 radical (unpaired) electrons. The zero-order valence-corrected chi connectivity index (χ0v) is 16.8. The molecule has 0 amide bonds. The Labute approximate surface area is 178 Å². The molecule has 2 aromatic carbocycles. The molecule has 0 saturated carbocycles. The van der Waals surface area contributed by atoms with Gasteiger partial charge in [0.15, 0.2) is 0 Å². The maximum absolute atomic E-state index is 13.2. The van der Waals surface area contributed by atoms with Crippen molar-refractivity contribution in [3.05, 3.63) is 102 Å². The van der Waals surface area contributed by atoms with E-state index in [1.165, 1.54) is 12.1 Å². The molecule has 0 unspecified atom stereocenters. The quantitative estimate of drug-likeness (QED) is 0.385. The summed E-state index contributed by atoms with van der Waals surface area (Å²) in [6, 6.07) is 23.4. The topological polar surface area (TPSA) is 61.6 Å². The van der Waals surface area contributed by atoms with E-state index in [4.69, 9.17) is 0 Å². The van der Waals surface area contributed by atoms with E-state index < -0.39 is 5.97 Å². The third kappa shape index (κ3) is 3.60. The number of nitrogens with zero attached hydrogens (tertiary/aromatic N) is 1. The normalized spacial score (nSPS) is 10.4. The van der Waals surface area contributed by atoms with Crippen molar-refractivity contribution in [1.29, 1.82) is 0 Å². The van der Waals surface area contributed by atoms with Gasteiger partial charge in [-0.05, 0) is 23.8 Å². The van der Waals surface area contributed by atoms with Gasteiger partial charge in [-0.1, -0.05) is 60.7 Å². The second-order valence-corrected chi connectivity index (χ2v) is 5.97. The molecule has 0 bridgehead atoms. The minimum absolute atomic E-state index is 0. The molecule has 0 N–H and O–H groups in total. The predicted molar refractivity (Wildman–Crippen MR) is 97.0 cm³/mol. The number of carbonyl (C=O) groups is 2. The van der Waals surface area contributed by atoms with Crippen molar-refractivity contribution in [3.63, 3.8) is 0 Å². The number of aromatic carboxylic acids is 1. The first-order chi connectivity index (χ1) is 12.6. The molecular weight excluding hydrogens is 349 g/mol. The molecule has 4 rings (SSSR count). The van der Waals surface area contributed by atoms with Crippen molar-refractivity contribution in [2.75, 3.05) is 0 Å². The fourth-order valence-corrected chi connectivity index (χ4v) is 3.10. The van der Waals surface area contributed by atoms with Crippen LogP contribution in [0.15, 0.2) is 85.1 Å². The summed E-state index contributed by atoms with van der Waals surface area (Å²) in [7, 11) is 0. The SMILES string of the molecule is O=C([O-])c1ccn2c(C(=O)c3ccccc3)c(-c3ccccc3)cc2c1.[Na+]. The van der Waals surface area contributed by atoms with E-state index in [9.17, 15) is 14.7 Å². The summed E-state index contributed by atoms with van der Waals surface area (Å²) < 4.78 is 1.73. The van der Waals surface area contributed by atoms with Gasteiger partial charge in [0.05, 0.1) is 5.97 Å². The minimum Gasteiger partial charge on any atom is -0.545 e. The Morgan fingerprint density at radius 3 is 2.04 bits per heavy atom. The average molecular weight is 363 g/mol. The third-order valence-corrected chi connectivity index (χ3v) is 4.34. The number of rotatable bonds is 4. The number of pyridine rings is 1. The fourth-order valence-electron chi connectivity index (χ4n) is 3.10. The van der Waals surface area contributed by atoms with Gasteiger partial charge in [-0.15, -0.1) is 0 Å². The second kappa shape index (κ2) is 7.92. The summed E-state index contributed by atoms with van der Waals surface area (Å²) in [4.78, 5) is 24.4. The minimum atomic E-state index is -1.24. The number of carboxylic acids is 1. The molecule has 0 aliphatic rings. The van der Waals surface area contributed by atoms with Crippen molar-refractivity contribution in [2.45, 2.75) is 0 Å². The molecular formula is C22H14NNaO3. The van der Waals surface area contributed by atoms with Gasteiger partial charge in [-0.25, -0.2) is 0 Å². The summed E-state index contributed by atoms with van der Waals surface area (Å²) in [5.74, 6) is -1.36. The van der Waals surface area contributed by atoms with Crippen LogP contribution in [0.2, 0.25) is 0 Å². The molecule has 0 aliphatic carbocycles. The molecule has 0 atom stereocenters. The predicted octanol–water partition coefficient (Wildman–Crippen LogP) is 0.205. The molecule has 4 nitrogen and oxygen atoms in total. The monoisotopic (exact) mass is 363 g/mol. The zero-order chi connectivity index (χ0) is 18.1. The first-order valence-electron chi connectivity index (χ1n) is 8.17. The maximum Gasteiger partial charge on any atom is 1.00 e. The number of aromatic nitrogens is 1. The van der Waals surface area contributed by atoms with Crippen LogP contribution in [0.5, 0.6) is 0 Å². The number of carboxylic acid groups (broad SMARTS) is 1. The van der Waals surface area contributed by atoms with Crippen LogP contribution in [0.25, 0.3) is 16.6 Å². The van der Waals surface area contributed by atoms with Crippen LogP contribution >= 0.6 is 0 Å². The molecule has 2 aromatic heterocycles. The standard InChI is InChI=1S/C22H15NO3.Na/c24-21(16-9-5-2-6-10-16)20-19(15-7-3-1-4-8-15)14-18-13-17(22(25)26)11-12-23(18)20;/h1-14H,(H,25,26);/q;+1/p-1. The van der Waals surface area contributed by atoms with E-state index >= 15 is 0 Å². The Balaban J connectivity index is 0.00000210. The molecule has 5 heteroatoms. The van der Waals surface area contributed by atoms with Crippen LogP contribution in [-0.2, 0) is 0 Å². The molecule has 2 heterocycles. The summed E-state index contributed by atoms with van der Waals surface area (Å²) in [5, 5.41) is 11.2. The van der Waals surface area contributed by atoms with E-state index in [-0.39, 0.29) is 40.9 Å². The van der Waals surface area contributed by atoms with E-state index in [1.54, 1.807) is 22.7 Å². The molecule has 0 saturated heterocycles. The molecule has 4 aromatic rings. The molecule has 126 valence electrons. The van der Waals surface area contributed by atoms with Crippen molar-refractivity contribution in [3.8, 4) is 11.1 Å². The number of hydrogen-bond donors (Lipinski definition) is 0.